The van der Waals surface area contributed by atoms with E-state index in [2.05, 4.69) is 13.0 Å². The van der Waals surface area contributed by atoms with Gasteiger partial charge in [-0.05, 0) is 19.3 Å². The van der Waals surface area contributed by atoms with E-state index in [9.17, 15) is 0 Å². The molecule has 1 aliphatic carbocycles. The van der Waals surface area contributed by atoms with Crippen LogP contribution in [0.1, 0.15) is 45.4 Å². The summed E-state index contributed by atoms with van der Waals surface area (Å²) in [5.41, 5.74) is -0.131. The molecule has 0 bridgehead atoms. The average Bonchev–Trinajstić information content (AvgIpc) is 2.62. The highest BCUT2D eigenvalue weighted by Gasteiger charge is 2.33. The van der Waals surface area contributed by atoms with Crippen molar-refractivity contribution >= 4 is 0 Å². The van der Waals surface area contributed by atoms with Gasteiger partial charge in [0.15, 0.2) is 0 Å². The minimum Gasteiger partial charge on any atom is -0.380 e. The third kappa shape index (κ3) is 3.00. The van der Waals surface area contributed by atoms with Crippen molar-refractivity contribution in [2.45, 2.75) is 45.4 Å². The summed E-state index contributed by atoms with van der Waals surface area (Å²) in [7, 11) is 0. The van der Waals surface area contributed by atoms with Crippen LogP contribution in [0.3, 0.4) is 0 Å². The van der Waals surface area contributed by atoms with Crippen molar-refractivity contribution in [1.82, 2.24) is 0 Å². The second kappa shape index (κ2) is 5.24. The van der Waals surface area contributed by atoms with Crippen molar-refractivity contribution < 1.29 is 4.74 Å². The summed E-state index contributed by atoms with van der Waals surface area (Å²) in [6.07, 6.45) is 6.75. The Labute approximate surface area is 80.9 Å². The zero-order valence-electron chi connectivity index (χ0n) is 8.51. The van der Waals surface area contributed by atoms with E-state index in [0.29, 0.717) is 6.61 Å². The van der Waals surface area contributed by atoms with E-state index < -0.39 is 0 Å². The molecule has 0 aromatic heterocycles. The van der Waals surface area contributed by atoms with Crippen LogP contribution in [0.5, 0.6) is 0 Å². The van der Waals surface area contributed by atoms with Crippen LogP contribution < -0.4 is 0 Å². The van der Waals surface area contributed by atoms with Crippen molar-refractivity contribution in [2.75, 3.05) is 13.2 Å². The minimum absolute atomic E-state index is 0.131. The molecular formula is C11H19NO. The Morgan fingerprint density at radius 3 is 2.62 bits per heavy atom. The number of hydrogen-bond acceptors (Lipinski definition) is 2. The van der Waals surface area contributed by atoms with Gasteiger partial charge in [-0.15, -0.1) is 0 Å². The number of ether oxygens (including phenoxy) is 1. The monoisotopic (exact) mass is 181 g/mol. The largest absolute Gasteiger partial charge is 0.380 e. The number of nitriles is 1. The lowest BCUT2D eigenvalue weighted by molar-refractivity contribution is 0.0722. The quantitative estimate of drug-likeness (QED) is 0.611. The molecule has 2 heteroatoms. The first-order chi connectivity index (χ1) is 6.33. The summed E-state index contributed by atoms with van der Waals surface area (Å²) in [6, 6.07) is 2.43. The van der Waals surface area contributed by atoms with Gasteiger partial charge in [0.1, 0.15) is 0 Å². The van der Waals surface area contributed by atoms with Gasteiger partial charge in [-0.25, -0.2) is 0 Å². The normalized spacial score (nSPS) is 20.0. The second-order valence-electron chi connectivity index (χ2n) is 4.01. The lowest BCUT2D eigenvalue weighted by Gasteiger charge is -2.19. The number of rotatable bonds is 5. The highest BCUT2D eigenvalue weighted by Crippen LogP contribution is 2.37. The molecule has 0 heterocycles. The number of nitrogens with zero attached hydrogens (tertiary/aromatic N) is 1. The summed E-state index contributed by atoms with van der Waals surface area (Å²) >= 11 is 0. The first-order valence-corrected chi connectivity index (χ1v) is 5.32. The van der Waals surface area contributed by atoms with Crippen molar-refractivity contribution in [1.29, 1.82) is 5.26 Å². The predicted molar refractivity (Wildman–Crippen MR) is 52.2 cm³/mol. The molecule has 1 aliphatic rings. The highest BCUT2D eigenvalue weighted by atomic mass is 16.5. The SMILES string of the molecule is CCCCOCC1(C#N)CCCC1. The maximum absolute atomic E-state index is 9.04. The van der Waals surface area contributed by atoms with Gasteiger partial charge in [0.2, 0.25) is 0 Å². The van der Waals surface area contributed by atoms with Crippen molar-refractivity contribution in [3.05, 3.63) is 0 Å². The van der Waals surface area contributed by atoms with E-state index in [1.54, 1.807) is 0 Å². The maximum Gasteiger partial charge on any atom is 0.0806 e. The van der Waals surface area contributed by atoms with Crippen LogP contribution in [0.4, 0.5) is 0 Å². The van der Waals surface area contributed by atoms with E-state index >= 15 is 0 Å². The molecule has 0 atom stereocenters. The Bertz CT molecular complexity index is 177. The summed E-state index contributed by atoms with van der Waals surface area (Å²) in [4.78, 5) is 0. The molecule has 1 fully saturated rings. The highest BCUT2D eigenvalue weighted by molar-refractivity contribution is 5.01. The molecule has 1 saturated carbocycles. The van der Waals surface area contributed by atoms with Crippen LogP contribution in [0.25, 0.3) is 0 Å². The van der Waals surface area contributed by atoms with Gasteiger partial charge in [0.25, 0.3) is 0 Å². The number of unbranched alkanes of at least 4 members (excludes halogenated alkanes) is 1. The Morgan fingerprint density at radius 2 is 2.08 bits per heavy atom. The fraction of sp³-hybridized carbons (Fsp3) is 0.909. The summed E-state index contributed by atoms with van der Waals surface area (Å²) < 4.78 is 5.53. The van der Waals surface area contributed by atoms with Crippen LogP contribution in [0.15, 0.2) is 0 Å². The number of hydrogen-bond donors (Lipinski definition) is 0. The Hall–Kier alpha value is -0.550. The molecule has 0 radical (unpaired) electrons. The smallest absolute Gasteiger partial charge is 0.0806 e. The Kier molecular flexibility index (Phi) is 4.24. The molecule has 0 aromatic rings. The topological polar surface area (TPSA) is 33.0 Å². The van der Waals surface area contributed by atoms with Crippen molar-refractivity contribution in [3.8, 4) is 6.07 Å². The van der Waals surface area contributed by atoms with Gasteiger partial charge in [-0.2, -0.15) is 5.26 Å². The molecule has 0 N–H and O–H groups in total. The van der Waals surface area contributed by atoms with Gasteiger partial charge in [0.05, 0.1) is 18.1 Å². The predicted octanol–water partition coefficient (Wildman–Crippen LogP) is 2.89. The van der Waals surface area contributed by atoms with Gasteiger partial charge in [-0.1, -0.05) is 26.2 Å². The van der Waals surface area contributed by atoms with Crippen LogP contribution in [-0.2, 0) is 4.74 Å². The standard InChI is InChI=1S/C11H19NO/c1-2-3-8-13-10-11(9-12)6-4-5-7-11/h2-8,10H2,1H3. The third-order valence-electron chi connectivity index (χ3n) is 2.82. The van der Waals surface area contributed by atoms with E-state index in [1.165, 1.54) is 19.3 Å². The molecule has 13 heavy (non-hydrogen) atoms. The van der Waals surface area contributed by atoms with Crippen LogP contribution in [0, 0.1) is 16.7 Å². The van der Waals surface area contributed by atoms with Crippen LogP contribution in [0.2, 0.25) is 0 Å². The van der Waals surface area contributed by atoms with Gasteiger partial charge in [0, 0.05) is 6.61 Å². The summed E-state index contributed by atoms with van der Waals surface area (Å²) in [5.74, 6) is 0. The third-order valence-corrected chi connectivity index (χ3v) is 2.82. The van der Waals surface area contributed by atoms with E-state index in [-0.39, 0.29) is 5.41 Å². The second-order valence-corrected chi connectivity index (χ2v) is 4.01. The zero-order valence-corrected chi connectivity index (χ0v) is 8.51. The molecule has 1 rings (SSSR count). The molecule has 74 valence electrons. The van der Waals surface area contributed by atoms with Crippen molar-refractivity contribution in [3.63, 3.8) is 0 Å². The Balaban J connectivity index is 2.21. The fourth-order valence-electron chi connectivity index (χ4n) is 1.85. The molecular weight excluding hydrogens is 162 g/mol. The van der Waals surface area contributed by atoms with Gasteiger partial charge >= 0.3 is 0 Å². The van der Waals surface area contributed by atoms with E-state index in [1.807, 2.05) is 0 Å². The van der Waals surface area contributed by atoms with Gasteiger partial charge < -0.3 is 4.74 Å². The lowest BCUT2D eigenvalue weighted by Crippen LogP contribution is -2.21. The van der Waals surface area contributed by atoms with E-state index in [0.717, 1.165) is 25.9 Å². The molecule has 0 amide bonds. The molecule has 0 aromatic carbocycles. The molecule has 0 spiro atoms. The molecule has 0 aliphatic heterocycles. The first kappa shape index (κ1) is 10.5. The maximum atomic E-state index is 9.04. The summed E-state index contributed by atoms with van der Waals surface area (Å²) in [5, 5.41) is 9.04. The summed E-state index contributed by atoms with van der Waals surface area (Å²) in [6.45, 7) is 3.63. The fourth-order valence-corrected chi connectivity index (χ4v) is 1.85. The zero-order chi connectivity index (χ0) is 9.57. The first-order valence-electron chi connectivity index (χ1n) is 5.32. The average molecular weight is 181 g/mol. The lowest BCUT2D eigenvalue weighted by atomic mass is 9.89. The Morgan fingerprint density at radius 1 is 1.38 bits per heavy atom. The molecule has 0 unspecified atom stereocenters. The molecule has 0 saturated heterocycles. The van der Waals surface area contributed by atoms with Crippen molar-refractivity contribution in [2.24, 2.45) is 5.41 Å². The van der Waals surface area contributed by atoms with Gasteiger partial charge in [-0.3, -0.25) is 0 Å². The minimum atomic E-state index is -0.131. The van der Waals surface area contributed by atoms with Crippen LogP contribution >= 0.6 is 0 Å². The van der Waals surface area contributed by atoms with Crippen LogP contribution in [-0.4, -0.2) is 13.2 Å². The molecule has 2 nitrogen and oxygen atoms in total. The van der Waals surface area contributed by atoms with E-state index in [4.69, 9.17) is 10.00 Å².